The van der Waals surface area contributed by atoms with Gasteiger partial charge in [0.2, 0.25) is 0 Å². The van der Waals surface area contributed by atoms with Crippen LogP contribution < -0.4 is 10.2 Å². The van der Waals surface area contributed by atoms with E-state index in [9.17, 15) is 19.8 Å². The number of hydrogen-bond acceptors (Lipinski definition) is 4. The fourth-order valence-corrected chi connectivity index (χ4v) is 2.15. The minimum Gasteiger partial charge on any atom is -0.550 e. The molecule has 1 rings (SSSR count). The molecule has 0 heterocycles. The van der Waals surface area contributed by atoms with Gasteiger partial charge in [-0.3, -0.25) is 0 Å². The monoisotopic (exact) mass is 554 g/mol. The van der Waals surface area contributed by atoms with E-state index in [4.69, 9.17) is 0 Å². The van der Waals surface area contributed by atoms with Gasteiger partial charge in [0.05, 0.1) is 5.97 Å². The minimum absolute atomic E-state index is 0. The van der Waals surface area contributed by atoms with Crippen molar-refractivity contribution in [1.29, 1.82) is 0 Å². The van der Waals surface area contributed by atoms with Gasteiger partial charge in [-0.2, -0.15) is 0 Å². The predicted octanol–water partition coefficient (Wildman–Crippen LogP) is 5.35. The first kappa shape index (κ1) is 38.2. The van der Waals surface area contributed by atoms with Crippen LogP contribution in [0.2, 0.25) is 0 Å². The van der Waals surface area contributed by atoms with E-state index in [1.165, 1.54) is 44.1 Å². The summed E-state index contributed by atoms with van der Waals surface area (Å²) in [6.07, 6.45) is 13.6. The number of carboxylic acids is 2. The summed E-state index contributed by atoms with van der Waals surface area (Å²) < 4.78 is 0. The molecular formula is C27H46O4Sn. The normalized spacial score (nSPS) is 8.94. The van der Waals surface area contributed by atoms with Crippen molar-refractivity contribution in [3.8, 4) is 0 Å². The quantitative estimate of drug-likeness (QED) is 0.258. The van der Waals surface area contributed by atoms with Gasteiger partial charge in [-0.15, -0.1) is 0 Å². The Morgan fingerprint density at radius 2 is 1.16 bits per heavy atom. The molecule has 4 radical (unpaired) electrons. The molecule has 0 spiro atoms. The SMILES string of the molecule is CCCCCCCCC(=O)[O-].CCCc1ccc(C(=O)[O-])cc1.[CH2]CCC.[CH2]CCC.[Sn+2]. The van der Waals surface area contributed by atoms with Crippen molar-refractivity contribution in [2.75, 3.05) is 0 Å². The van der Waals surface area contributed by atoms with Crippen LogP contribution in [0, 0.1) is 13.8 Å². The first-order valence-corrected chi connectivity index (χ1v) is 11.9. The molecule has 0 atom stereocenters. The number of benzene rings is 1. The fraction of sp³-hybridized carbons (Fsp3) is 0.630. The van der Waals surface area contributed by atoms with Crippen LogP contribution in [-0.4, -0.2) is 35.8 Å². The molecule has 4 nitrogen and oxygen atoms in total. The Morgan fingerprint density at radius 3 is 1.50 bits per heavy atom. The summed E-state index contributed by atoms with van der Waals surface area (Å²) in [7, 11) is 0. The maximum atomic E-state index is 10.4. The third-order valence-electron chi connectivity index (χ3n) is 4.17. The number of carbonyl (C=O) groups excluding carboxylic acids is 2. The zero-order chi connectivity index (χ0) is 24.3. The molecule has 1 aromatic rings. The number of aryl methyl sites for hydroxylation is 1. The maximum absolute atomic E-state index is 10.4. The number of unbranched alkanes of at least 4 members (excludes halogenated alkanes) is 7. The van der Waals surface area contributed by atoms with Gasteiger partial charge in [0.1, 0.15) is 0 Å². The Hall–Kier alpha value is -1.04. The maximum Gasteiger partial charge on any atom is 2.00 e. The van der Waals surface area contributed by atoms with Crippen molar-refractivity contribution in [1.82, 2.24) is 0 Å². The molecule has 0 aliphatic heterocycles. The van der Waals surface area contributed by atoms with Crippen LogP contribution in [0.5, 0.6) is 0 Å². The number of aliphatic carboxylic acids is 1. The Morgan fingerprint density at radius 1 is 0.719 bits per heavy atom. The second-order valence-electron chi connectivity index (χ2n) is 7.33. The Labute approximate surface area is 215 Å². The summed E-state index contributed by atoms with van der Waals surface area (Å²) in [5.74, 6) is -2.03. The standard InChI is InChI=1S/C10H12O2.C9H18O2.2C4H9.Sn/c1-2-3-8-4-6-9(7-5-8)10(11)12;1-2-3-4-5-6-7-8-9(10)11;2*1-3-4-2;/h4-7H,2-3H2,1H3,(H,11,12);2-8H2,1H3,(H,10,11);2*1,3-4H2,2H3;/q;;;;+2/p-2. The van der Waals surface area contributed by atoms with Crippen molar-refractivity contribution in [3.05, 3.63) is 49.2 Å². The molecule has 0 aliphatic carbocycles. The van der Waals surface area contributed by atoms with Crippen molar-refractivity contribution in [2.45, 2.75) is 111 Å². The number of hydrogen-bond donors (Lipinski definition) is 0. The van der Waals surface area contributed by atoms with Gasteiger partial charge in [-0.05, 0) is 30.4 Å². The van der Waals surface area contributed by atoms with Crippen molar-refractivity contribution < 1.29 is 19.8 Å². The third kappa shape index (κ3) is 33.6. The van der Waals surface area contributed by atoms with E-state index in [1.54, 1.807) is 12.1 Å². The van der Waals surface area contributed by atoms with Crippen LogP contribution in [-0.2, 0) is 11.2 Å². The van der Waals surface area contributed by atoms with E-state index in [0.717, 1.165) is 38.5 Å². The van der Waals surface area contributed by atoms with Gasteiger partial charge in [0.15, 0.2) is 0 Å². The van der Waals surface area contributed by atoms with Gasteiger partial charge < -0.3 is 19.8 Å². The van der Waals surface area contributed by atoms with E-state index in [-0.39, 0.29) is 35.9 Å². The van der Waals surface area contributed by atoms with Crippen LogP contribution >= 0.6 is 0 Å². The molecule has 0 saturated carbocycles. The molecule has 0 N–H and O–H groups in total. The molecule has 32 heavy (non-hydrogen) atoms. The molecule has 0 aliphatic rings. The Bertz CT molecular complexity index is 493. The zero-order valence-corrected chi connectivity index (χ0v) is 23.9. The summed E-state index contributed by atoms with van der Waals surface area (Å²) in [6, 6.07) is 6.82. The van der Waals surface area contributed by atoms with Gasteiger partial charge in [-0.25, -0.2) is 0 Å². The second-order valence-corrected chi connectivity index (χ2v) is 7.33. The van der Waals surface area contributed by atoms with E-state index in [1.807, 2.05) is 12.1 Å². The Kier molecular flexibility index (Phi) is 38.4. The van der Waals surface area contributed by atoms with Crippen molar-refractivity contribution in [3.63, 3.8) is 0 Å². The molecule has 0 amide bonds. The average molecular weight is 553 g/mol. The first-order chi connectivity index (χ1) is 14.8. The fourth-order valence-electron chi connectivity index (χ4n) is 2.15. The van der Waals surface area contributed by atoms with E-state index in [0.29, 0.717) is 0 Å². The molecule has 5 heteroatoms. The summed E-state index contributed by atoms with van der Waals surface area (Å²) in [5.41, 5.74) is 1.41. The molecule has 0 aromatic heterocycles. The molecule has 1 aromatic carbocycles. The van der Waals surface area contributed by atoms with E-state index >= 15 is 0 Å². The topological polar surface area (TPSA) is 80.3 Å². The van der Waals surface area contributed by atoms with Gasteiger partial charge in [0, 0.05) is 5.97 Å². The minimum atomic E-state index is -1.11. The number of carbonyl (C=O) groups is 2. The Balaban J connectivity index is -0.000000181. The molecule has 0 bridgehead atoms. The van der Waals surface area contributed by atoms with Crippen molar-refractivity contribution >= 4 is 35.8 Å². The largest absolute Gasteiger partial charge is 2.00 e. The van der Waals surface area contributed by atoms with Crippen LogP contribution in [0.25, 0.3) is 0 Å². The molecule has 0 fully saturated rings. The second kappa shape index (κ2) is 32.1. The molecule has 182 valence electrons. The van der Waals surface area contributed by atoms with Crippen LogP contribution in [0.3, 0.4) is 0 Å². The van der Waals surface area contributed by atoms with Crippen molar-refractivity contribution in [2.24, 2.45) is 0 Å². The predicted molar refractivity (Wildman–Crippen MR) is 134 cm³/mol. The van der Waals surface area contributed by atoms with E-state index < -0.39 is 11.9 Å². The number of rotatable bonds is 12. The molecular weight excluding hydrogens is 507 g/mol. The zero-order valence-electron chi connectivity index (χ0n) is 21.0. The van der Waals surface area contributed by atoms with Crippen LogP contribution in [0.1, 0.15) is 121 Å². The summed E-state index contributed by atoms with van der Waals surface area (Å²) in [5, 5.41) is 20.3. The van der Waals surface area contributed by atoms with Crippen LogP contribution in [0.4, 0.5) is 0 Å². The molecule has 0 saturated heterocycles. The summed E-state index contributed by atoms with van der Waals surface area (Å²) >= 11 is 0. The summed E-state index contributed by atoms with van der Waals surface area (Å²) in [4.78, 5) is 20.3. The van der Waals surface area contributed by atoms with Gasteiger partial charge in [0.25, 0.3) is 0 Å². The van der Waals surface area contributed by atoms with Crippen LogP contribution in [0.15, 0.2) is 24.3 Å². The smallest absolute Gasteiger partial charge is 0.550 e. The number of aromatic carboxylic acids is 1. The first-order valence-electron chi connectivity index (χ1n) is 11.9. The van der Waals surface area contributed by atoms with Gasteiger partial charge >= 0.3 is 23.9 Å². The van der Waals surface area contributed by atoms with Gasteiger partial charge in [-0.1, -0.05) is 130 Å². The number of carboxylic acid groups (broad SMARTS) is 2. The molecule has 0 unspecified atom stereocenters. The third-order valence-corrected chi connectivity index (χ3v) is 4.17. The van der Waals surface area contributed by atoms with E-state index in [2.05, 4.69) is 41.5 Å². The summed E-state index contributed by atoms with van der Waals surface area (Å²) in [6.45, 7) is 15.7. The average Bonchev–Trinajstić information content (AvgIpc) is 2.77.